The average molecular weight is 540 g/mol. The van der Waals surface area contributed by atoms with Crippen molar-refractivity contribution >= 4 is 40.8 Å². The van der Waals surface area contributed by atoms with Crippen LogP contribution in [0.3, 0.4) is 0 Å². The number of H-pyrrole nitrogens is 1. The van der Waals surface area contributed by atoms with Gasteiger partial charge in [-0.2, -0.15) is 0 Å². The third-order valence-electron chi connectivity index (χ3n) is 6.10. The van der Waals surface area contributed by atoms with Gasteiger partial charge in [0.1, 0.15) is 0 Å². The van der Waals surface area contributed by atoms with Crippen LogP contribution in [0.2, 0.25) is 0 Å². The fourth-order valence-electron chi connectivity index (χ4n) is 4.39. The summed E-state index contributed by atoms with van der Waals surface area (Å²) in [5.41, 5.74) is 2.44. The zero-order valence-electron chi connectivity index (χ0n) is 18.6. The van der Waals surface area contributed by atoms with Crippen molar-refractivity contribution in [2.24, 2.45) is 4.99 Å². The molecular formula is C24H37IN4O2. The molecule has 1 aromatic carbocycles. The van der Waals surface area contributed by atoms with Crippen molar-refractivity contribution in [3.05, 3.63) is 36.0 Å². The van der Waals surface area contributed by atoms with E-state index in [0.717, 1.165) is 71.0 Å². The molecule has 0 spiro atoms. The van der Waals surface area contributed by atoms with E-state index in [9.17, 15) is 0 Å². The second kappa shape index (κ2) is 12.6. The number of piperidine rings is 1. The minimum atomic E-state index is 0. The highest BCUT2D eigenvalue weighted by Gasteiger charge is 2.23. The molecule has 0 bridgehead atoms. The van der Waals surface area contributed by atoms with Crippen LogP contribution < -0.4 is 5.32 Å². The van der Waals surface area contributed by atoms with Crippen LogP contribution in [0, 0.1) is 0 Å². The molecule has 172 valence electrons. The second-order valence-corrected chi connectivity index (χ2v) is 8.38. The van der Waals surface area contributed by atoms with E-state index in [4.69, 9.17) is 14.5 Å². The second-order valence-electron chi connectivity index (χ2n) is 8.38. The normalized spacial score (nSPS) is 20.6. The summed E-state index contributed by atoms with van der Waals surface area (Å²) in [6, 6.07) is 10.7. The zero-order chi connectivity index (χ0) is 20.6. The number of benzene rings is 1. The molecule has 2 N–H and O–H groups in total. The fourth-order valence-corrected chi connectivity index (χ4v) is 4.39. The minimum Gasteiger partial charge on any atom is -0.376 e. The van der Waals surface area contributed by atoms with E-state index in [2.05, 4.69) is 52.5 Å². The highest BCUT2D eigenvalue weighted by Crippen LogP contribution is 2.18. The highest BCUT2D eigenvalue weighted by atomic mass is 127. The van der Waals surface area contributed by atoms with Gasteiger partial charge in [0.15, 0.2) is 5.96 Å². The van der Waals surface area contributed by atoms with Crippen LogP contribution >= 0.6 is 24.0 Å². The Morgan fingerprint density at radius 1 is 1.23 bits per heavy atom. The van der Waals surface area contributed by atoms with Crippen LogP contribution in [0.25, 0.3) is 10.9 Å². The van der Waals surface area contributed by atoms with Crippen molar-refractivity contribution in [2.75, 3.05) is 39.4 Å². The molecule has 1 atom stereocenters. The molecule has 1 unspecified atom stereocenters. The van der Waals surface area contributed by atoms with Crippen molar-refractivity contribution in [1.82, 2.24) is 15.2 Å². The molecule has 0 saturated carbocycles. The van der Waals surface area contributed by atoms with Gasteiger partial charge >= 0.3 is 0 Å². The number of rotatable bonds is 7. The SMILES string of the molecule is CCNC(=NCCc1cc2ccccc2[nH]1)N1CCC(OCC2CCCCO2)CC1.I. The summed E-state index contributed by atoms with van der Waals surface area (Å²) in [7, 11) is 0. The number of likely N-dealkylation sites (tertiary alicyclic amines) is 1. The predicted octanol–water partition coefficient (Wildman–Crippen LogP) is 4.34. The summed E-state index contributed by atoms with van der Waals surface area (Å²) in [4.78, 5) is 10.8. The Bertz CT molecular complexity index is 778. The summed E-state index contributed by atoms with van der Waals surface area (Å²) in [5.74, 6) is 1.03. The Morgan fingerprint density at radius 3 is 2.81 bits per heavy atom. The molecule has 6 nitrogen and oxygen atoms in total. The number of aliphatic imine (C=N–C) groups is 1. The topological polar surface area (TPSA) is 61.9 Å². The first-order chi connectivity index (χ1) is 14.8. The molecular weight excluding hydrogens is 503 g/mol. The van der Waals surface area contributed by atoms with E-state index >= 15 is 0 Å². The van der Waals surface area contributed by atoms with Gasteiger partial charge in [-0.3, -0.25) is 4.99 Å². The molecule has 2 aliphatic rings. The van der Waals surface area contributed by atoms with E-state index in [1.54, 1.807) is 0 Å². The predicted molar refractivity (Wildman–Crippen MR) is 138 cm³/mol. The minimum absolute atomic E-state index is 0. The molecule has 2 aromatic rings. The lowest BCUT2D eigenvalue weighted by Gasteiger charge is -2.35. The molecule has 2 fully saturated rings. The van der Waals surface area contributed by atoms with Gasteiger partial charge in [-0.1, -0.05) is 18.2 Å². The number of nitrogens with one attached hydrogen (secondary N) is 2. The number of guanidine groups is 1. The van der Waals surface area contributed by atoms with E-state index in [0.29, 0.717) is 12.2 Å². The first-order valence-corrected chi connectivity index (χ1v) is 11.6. The van der Waals surface area contributed by atoms with Gasteiger partial charge in [-0.05, 0) is 56.5 Å². The number of nitrogens with zero attached hydrogens (tertiary/aromatic N) is 2. The fraction of sp³-hybridized carbons (Fsp3) is 0.625. The average Bonchev–Trinajstić information content (AvgIpc) is 3.21. The van der Waals surface area contributed by atoms with Crippen molar-refractivity contribution in [3.63, 3.8) is 0 Å². The number of halogens is 1. The smallest absolute Gasteiger partial charge is 0.193 e. The Labute approximate surface area is 203 Å². The Balaban J connectivity index is 0.00000272. The first-order valence-electron chi connectivity index (χ1n) is 11.6. The molecule has 4 rings (SSSR count). The maximum atomic E-state index is 6.16. The number of aromatic nitrogens is 1. The number of hydrogen-bond donors (Lipinski definition) is 2. The van der Waals surface area contributed by atoms with Crippen molar-refractivity contribution in [2.45, 2.75) is 57.7 Å². The van der Waals surface area contributed by atoms with E-state index in [1.807, 2.05) is 0 Å². The monoisotopic (exact) mass is 540 g/mol. The number of fused-ring (bicyclic) bond motifs is 1. The van der Waals surface area contributed by atoms with Crippen LogP contribution in [-0.2, 0) is 15.9 Å². The molecule has 0 aliphatic carbocycles. The molecule has 7 heteroatoms. The maximum absolute atomic E-state index is 6.16. The largest absolute Gasteiger partial charge is 0.376 e. The van der Waals surface area contributed by atoms with Gasteiger partial charge in [-0.15, -0.1) is 24.0 Å². The van der Waals surface area contributed by atoms with Crippen LogP contribution in [0.4, 0.5) is 0 Å². The summed E-state index contributed by atoms with van der Waals surface area (Å²) < 4.78 is 12.0. The molecule has 0 radical (unpaired) electrons. The molecule has 2 aliphatic heterocycles. The quantitative estimate of drug-likeness (QED) is 0.312. The van der Waals surface area contributed by atoms with Gasteiger partial charge in [0.05, 0.1) is 18.8 Å². The number of aromatic amines is 1. The third kappa shape index (κ3) is 7.08. The maximum Gasteiger partial charge on any atom is 0.193 e. The van der Waals surface area contributed by atoms with Crippen LogP contribution in [0.5, 0.6) is 0 Å². The van der Waals surface area contributed by atoms with Gasteiger partial charge < -0.3 is 24.7 Å². The van der Waals surface area contributed by atoms with Gasteiger partial charge in [0, 0.05) is 50.4 Å². The lowest BCUT2D eigenvalue weighted by Crippen LogP contribution is -2.47. The van der Waals surface area contributed by atoms with Gasteiger partial charge in [-0.25, -0.2) is 0 Å². The van der Waals surface area contributed by atoms with E-state index in [-0.39, 0.29) is 24.0 Å². The molecule has 31 heavy (non-hydrogen) atoms. The Kier molecular flexibility index (Phi) is 9.93. The Morgan fingerprint density at radius 2 is 2.06 bits per heavy atom. The van der Waals surface area contributed by atoms with Gasteiger partial charge in [0.2, 0.25) is 0 Å². The Hall–Kier alpha value is -1.32. The number of para-hydroxylation sites is 1. The van der Waals surface area contributed by atoms with E-state index in [1.165, 1.54) is 29.4 Å². The lowest BCUT2D eigenvalue weighted by molar-refractivity contribution is -0.0721. The first kappa shape index (κ1) is 24.3. The molecule has 1 aromatic heterocycles. The van der Waals surface area contributed by atoms with Crippen LogP contribution in [-0.4, -0.2) is 67.4 Å². The number of hydrogen-bond acceptors (Lipinski definition) is 3. The molecule has 3 heterocycles. The van der Waals surface area contributed by atoms with Crippen molar-refractivity contribution in [3.8, 4) is 0 Å². The van der Waals surface area contributed by atoms with Crippen LogP contribution in [0.15, 0.2) is 35.3 Å². The summed E-state index contributed by atoms with van der Waals surface area (Å²) in [6.45, 7) is 7.44. The summed E-state index contributed by atoms with van der Waals surface area (Å²) >= 11 is 0. The third-order valence-corrected chi connectivity index (χ3v) is 6.10. The molecule has 0 amide bonds. The highest BCUT2D eigenvalue weighted by molar-refractivity contribution is 14.0. The van der Waals surface area contributed by atoms with Crippen molar-refractivity contribution < 1.29 is 9.47 Å². The number of ether oxygens (including phenoxy) is 2. The zero-order valence-corrected chi connectivity index (χ0v) is 21.0. The van der Waals surface area contributed by atoms with Crippen molar-refractivity contribution in [1.29, 1.82) is 0 Å². The standard InChI is InChI=1S/C24H36N4O2.HI/c1-2-25-24(26-13-10-20-17-19-7-3-4-9-23(19)27-20)28-14-11-21(12-15-28)30-18-22-8-5-6-16-29-22;/h3-4,7,9,17,21-22,27H,2,5-6,8,10-16,18H2,1H3,(H,25,26);1H. The summed E-state index contributed by atoms with van der Waals surface area (Å²) in [5, 5.41) is 4.74. The summed E-state index contributed by atoms with van der Waals surface area (Å²) in [6.07, 6.45) is 7.30. The molecule has 2 saturated heterocycles. The lowest BCUT2D eigenvalue weighted by atomic mass is 10.1. The van der Waals surface area contributed by atoms with E-state index < -0.39 is 0 Å². The van der Waals surface area contributed by atoms with Crippen LogP contribution in [0.1, 0.15) is 44.7 Å². The van der Waals surface area contributed by atoms with Gasteiger partial charge in [0.25, 0.3) is 0 Å².